The predicted octanol–water partition coefficient (Wildman–Crippen LogP) is 3.83. The molecule has 1 nitrogen and oxygen atoms in total. The van der Waals surface area contributed by atoms with Crippen LogP contribution in [-0.4, -0.2) is 4.98 Å². The molecule has 0 saturated carbocycles. The molecule has 2 rings (SSSR count). The van der Waals surface area contributed by atoms with Gasteiger partial charge in [-0.05, 0) is 12.1 Å². The van der Waals surface area contributed by atoms with E-state index in [-0.39, 0.29) is 0 Å². The summed E-state index contributed by atoms with van der Waals surface area (Å²) < 4.78 is 37.2. The molecular weight excluding hydrogens is 223 g/mol. The van der Waals surface area contributed by atoms with Gasteiger partial charge in [-0.25, -0.2) is 4.98 Å². The summed E-state index contributed by atoms with van der Waals surface area (Å²) in [4.78, 5) is 3.96. The highest BCUT2D eigenvalue weighted by molar-refractivity contribution is 7.13. The van der Waals surface area contributed by atoms with Gasteiger partial charge in [-0.3, -0.25) is 0 Å². The second-order valence-electron chi connectivity index (χ2n) is 2.92. The molecule has 0 unspecified atom stereocenters. The molecule has 78 valence electrons. The van der Waals surface area contributed by atoms with E-state index in [0.717, 1.165) is 12.1 Å². The van der Waals surface area contributed by atoms with Crippen LogP contribution in [0.1, 0.15) is 5.56 Å². The third kappa shape index (κ3) is 2.18. The molecule has 0 amide bonds. The zero-order chi connectivity index (χ0) is 10.9. The molecule has 0 spiro atoms. The van der Waals surface area contributed by atoms with Gasteiger partial charge in [0.15, 0.2) is 0 Å². The molecule has 0 aliphatic heterocycles. The fourth-order valence-electron chi connectivity index (χ4n) is 1.19. The summed E-state index contributed by atoms with van der Waals surface area (Å²) in [6.07, 6.45) is -2.73. The second-order valence-corrected chi connectivity index (χ2v) is 3.81. The summed E-state index contributed by atoms with van der Waals surface area (Å²) in [6, 6.07) is 5.17. The topological polar surface area (TPSA) is 12.9 Å². The van der Waals surface area contributed by atoms with E-state index in [1.807, 2.05) is 0 Å². The third-order valence-corrected chi connectivity index (χ3v) is 2.69. The van der Waals surface area contributed by atoms with Crippen molar-refractivity contribution in [1.82, 2.24) is 4.98 Å². The van der Waals surface area contributed by atoms with Gasteiger partial charge in [0.1, 0.15) is 5.01 Å². The van der Waals surface area contributed by atoms with E-state index < -0.39 is 11.7 Å². The van der Waals surface area contributed by atoms with Crippen LogP contribution in [0.2, 0.25) is 0 Å². The Morgan fingerprint density at radius 2 is 2.00 bits per heavy atom. The highest BCUT2D eigenvalue weighted by atomic mass is 32.1. The van der Waals surface area contributed by atoms with Crippen molar-refractivity contribution in [2.45, 2.75) is 6.18 Å². The second kappa shape index (κ2) is 3.66. The third-order valence-electron chi connectivity index (χ3n) is 1.87. The number of rotatable bonds is 1. The first kappa shape index (κ1) is 10.2. The van der Waals surface area contributed by atoms with Crippen molar-refractivity contribution in [3.63, 3.8) is 0 Å². The fourth-order valence-corrected chi connectivity index (χ4v) is 1.83. The van der Waals surface area contributed by atoms with Gasteiger partial charge in [0.2, 0.25) is 0 Å². The van der Waals surface area contributed by atoms with Gasteiger partial charge >= 0.3 is 6.18 Å². The van der Waals surface area contributed by atoms with Crippen LogP contribution in [0.3, 0.4) is 0 Å². The van der Waals surface area contributed by atoms with Crippen LogP contribution in [0.5, 0.6) is 0 Å². The molecule has 0 bridgehead atoms. The summed E-state index contributed by atoms with van der Waals surface area (Å²) >= 11 is 1.32. The molecule has 1 aromatic carbocycles. The Morgan fingerprint density at radius 3 is 2.60 bits per heavy atom. The first-order chi connectivity index (χ1) is 7.07. The maximum Gasteiger partial charge on any atom is 0.416 e. The lowest BCUT2D eigenvalue weighted by molar-refractivity contribution is -0.137. The van der Waals surface area contributed by atoms with Crippen LogP contribution in [0.15, 0.2) is 35.8 Å². The average molecular weight is 229 g/mol. The normalized spacial score (nSPS) is 11.7. The summed E-state index contributed by atoms with van der Waals surface area (Å²) in [6.45, 7) is 0. The van der Waals surface area contributed by atoms with Crippen LogP contribution < -0.4 is 0 Å². The summed E-state index contributed by atoms with van der Waals surface area (Å²) in [7, 11) is 0. The Labute approximate surface area is 88.2 Å². The minimum Gasteiger partial charge on any atom is -0.245 e. The molecule has 1 heterocycles. The Kier molecular flexibility index (Phi) is 2.48. The minimum absolute atomic E-state index is 0.500. The van der Waals surface area contributed by atoms with E-state index >= 15 is 0 Å². The van der Waals surface area contributed by atoms with Crippen molar-refractivity contribution in [1.29, 1.82) is 0 Å². The maximum absolute atomic E-state index is 12.4. The van der Waals surface area contributed by atoms with Crippen molar-refractivity contribution in [2.75, 3.05) is 0 Å². The van der Waals surface area contributed by atoms with Gasteiger partial charge in [0, 0.05) is 17.1 Å². The molecule has 0 atom stereocenters. The van der Waals surface area contributed by atoms with E-state index in [2.05, 4.69) is 4.98 Å². The van der Waals surface area contributed by atoms with Gasteiger partial charge in [0.25, 0.3) is 0 Å². The van der Waals surface area contributed by atoms with Crippen molar-refractivity contribution in [3.8, 4) is 10.6 Å². The number of thiazole rings is 1. The van der Waals surface area contributed by atoms with E-state index in [1.165, 1.54) is 17.4 Å². The number of nitrogens with zero attached hydrogens (tertiary/aromatic N) is 1. The molecule has 0 fully saturated rings. The average Bonchev–Trinajstić information content (AvgIpc) is 2.69. The van der Waals surface area contributed by atoms with Crippen LogP contribution >= 0.6 is 11.3 Å². The molecule has 0 saturated heterocycles. The number of benzene rings is 1. The predicted molar refractivity (Wildman–Crippen MR) is 52.6 cm³/mol. The molecule has 5 heteroatoms. The van der Waals surface area contributed by atoms with E-state index in [0.29, 0.717) is 10.6 Å². The maximum atomic E-state index is 12.4. The molecule has 15 heavy (non-hydrogen) atoms. The highest BCUT2D eigenvalue weighted by Gasteiger charge is 2.30. The van der Waals surface area contributed by atoms with Crippen LogP contribution in [0, 0.1) is 0 Å². The first-order valence-corrected chi connectivity index (χ1v) is 5.02. The van der Waals surface area contributed by atoms with E-state index in [9.17, 15) is 13.2 Å². The van der Waals surface area contributed by atoms with Gasteiger partial charge in [-0.15, -0.1) is 11.3 Å². The zero-order valence-electron chi connectivity index (χ0n) is 7.45. The molecule has 0 aliphatic carbocycles. The largest absolute Gasteiger partial charge is 0.416 e. The van der Waals surface area contributed by atoms with E-state index in [4.69, 9.17) is 0 Å². The fraction of sp³-hybridized carbons (Fsp3) is 0.100. The molecule has 0 N–H and O–H groups in total. The van der Waals surface area contributed by atoms with Gasteiger partial charge in [0.05, 0.1) is 5.56 Å². The minimum atomic E-state index is -4.30. The SMILES string of the molecule is FC(F)(F)c1cccc(-c2nccs2)c1. The Morgan fingerprint density at radius 1 is 1.20 bits per heavy atom. The smallest absolute Gasteiger partial charge is 0.245 e. The van der Waals surface area contributed by atoms with E-state index in [1.54, 1.807) is 17.6 Å². The number of alkyl halides is 3. The number of hydrogen-bond donors (Lipinski definition) is 0. The zero-order valence-corrected chi connectivity index (χ0v) is 8.27. The van der Waals surface area contributed by atoms with Crippen molar-refractivity contribution < 1.29 is 13.2 Å². The molecular formula is C10H6F3NS. The Hall–Kier alpha value is -1.36. The number of halogens is 3. The highest BCUT2D eigenvalue weighted by Crippen LogP contribution is 2.32. The van der Waals surface area contributed by atoms with Crippen molar-refractivity contribution in [3.05, 3.63) is 41.4 Å². The van der Waals surface area contributed by atoms with Crippen molar-refractivity contribution >= 4 is 11.3 Å². The molecule has 1 aromatic heterocycles. The summed E-state index contributed by atoms with van der Waals surface area (Å²) in [5.41, 5.74) is -0.143. The number of hydrogen-bond acceptors (Lipinski definition) is 2. The standard InChI is InChI=1S/C10H6F3NS/c11-10(12,13)8-3-1-2-7(6-8)9-14-4-5-15-9/h1-6H. The van der Waals surface area contributed by atoms with Gasteiger partial charge < -0.3 is 0 Å². The van der Waals surface area contributed by atoms with Crippen LogP contribution in [0.25, 0.3) is 10.6 Å². The lowest BCUT2D eigenvalue weighted by atomic mass is 10.1. The Balaban J connectivity index is 2.44. The molecule has 2 aromatic rings. The molecule has 0 radical (unpaired) electrons. The van der Waals surface area contributed by atoms with Crippen LogP contribution in [0.4, 0.5) is 13.2 Å². The lowest BCUT2D eigenvalue weighted by Crippen LogP contribution is -2.04. The summed E-state index contributed by atoms with van der Waals surface area (Å²) in [5, 5.41) is 2.33. The van der Waals surface area contributed by atoms with Gasteiger partial charge in [-0.2, -0.15) is 13.2 Å². The molecule has 0 aliphatic rings. The quantitative estimate of drug-likeness (QED) is 0.724. The van der Waals surface area contributed by atoms with Crippen molar-refractivity contribution in [2.24, 2.45) is 0 Å². The van der Waals surface area contributed by atoms with Crippen LogP contribution in [-0.2, 0) is 6.18 Å². The van der Waals surface area contributed by atoms with Gasteiger partial charge in [-0.1, -0.05) is 12.1 Å². The number of aromatic nitrogens is 1. The lowest BCUT2D eigenvalue weighted by Gasteiger charge is -2.06. The monoisotopic (exact) mass is 229 g/mol. The summed E-state index contributed by atoms with van der Waals surface area (Å²) in [5.74, 6) is 0. The first-order valence-electron chi connectivity index (χ1n) is 4.14. The Bertz CT molecular complexity index is 448.